The van der Waals surface area contributed by atoms with Crippen LogP contribution in [-0.2, 0) is 0 Å². The first-order chi connectivity index (χ1) is 12.1. The minimum atomic E-state index is -0.328. The summed E-state index contributed by atoms with van der Waals surface area (Å²) in [7, 11) is 0. The smallest absolute Gasteiger partial charge is 0.272 e. The van der Waals surface area contributed by atoms with Crippen LogP contribution in [0.5, 0.6) is 0 Å². The van der Waals surface area contributed by atoms with E-state index in [0.29, 0.717) is 23.0 Å². The molecule has 132 valence electrons. The van der Waals surface area contributed by atoms with Crippen LogP contribution in [0.3, 0.4) is 0 Å². The average Bonchev–Trinajstić information content (AvgIpc) is 2.60. The first-order valence-corrected chi connectivity index (χ1v) is 8.76. The van der Waals surface area contributed by atoms with Crippen molar-refractivity contribution in [3.8, 4) is 0 Å². The lowest BCUT2D eigenvalue weighted by atomic mass is 9.99. The molecule has 3 rings (SSSR count). The molecule has 1 unspecified atom stereocenters. The van der Waals surface area contributed by atoms with Crippen LogP contribution >= 0.6 is 0 Å². The lowest BCUT2D eigenvalue weighted by Gasteiger charge is -2.35. The van der Waals surface area contributed by atoms with E-state index in [0.717, 1.165) is 32.2 Å². The normalized spacial score (nSPS) is 17.4. The van der Waals surface area contributed by atoms with Crippen molar-refractivity contribution in [1.29, 1.82) is 0 Å². The Morgan fingerprint density at radius 2 is 2.16 bits per heavy atom. The van der Waals surface area contributed by atoms with E-state index in [4.69, 9.17) is 0 Å². The van der Waals surface area contributed by atoms with Crippen molar-refractivity contribution in [2.24, 2.45) is 0 Å². The van der Waals surface area contributed by atoms with E-state index < -0.39 is 0 Å². The third kappa shape index (κ3) is 4.13. The van der Waals surface area contributed by atoms with Gasteiger partial charge in [0.15, 0.2) is 0 Å². The molecule has 1 amide bonds. The van der Waals surface area contributed by atoms with Gasteiger partial charge in [-0.15, -0.1) is 0 Å². The molecule has 1 aromatic carbocycles. The summed E-state index contributed by atoms with van der Waals surface area (Å²) in [6.07, 6.45) is 4.18. The van der Waals surface area contributed by atoms with Crippen LogP contribution < -0.4 is 5.32 Å². The van der Waals surface area contributed by atoms with Gasteiger partial charge < -0.3 is 10.2 Å². The number of halogens is 1. The van der Waals surface area contributed by atoms with Gasteiger partial charge in [-0.3, -0.25) is 4.79 Å². The second-order valence-corrected chi connectivity index (χ2v) is 6.38. The quantitative estimate of drug-likeness (QED) is 0.910. The summed E-state index contributed by atoms with van der Waals surface area (Å²) in [4.78, 5) is 23.5. The summed E-state index contributed by atoms with van der Waals surface area (Å²) >= 11 is 0. The first kappa shape index (κ1) is 17.3. The Balaban J connectivity index is 1.84. The molecule has 1 aliphatic heterocycles. The maximum Gasteiger partial charge on any atom is 0.272 e. The fourth-order valence-corrected chi connectivity index (χ4v) is 3.29. The maximum absolute atomic E-state index is 13.3. The monoisotopic (exact) mass is 342 g/mol. The Kier molecular flexibility index (Phi) is 5.26. The van der Waals surface area contributed by atoms with Crippen molar-refractivity contribution >= 4 is 17.4 Å². The zero-order valence-electron chi connectivity index (χ0n) is 14.6. The number of hydrogen-bond donors (Lipinski definition) is 1. The Morgan fingerprint density at radius 1 is 1.32 bits per heavy atom. The van der Waals surface area contributed by atoms with Crippen LogP contribution in [-0.4, -0.2) is 33.4 Å². The minimum absolute atomic E-state index is 0.0562. The van der Waals surface area contributed by atoms with E-state index >= 15 is 0 Å². The lowest BCUT2D eigenvalue weighted by molar-refractivity contribution is 0.0601. The second-order valence-electron chi connectivity index (χ2n) is 6.38. The van der Waals surface area contributed by atoms with Crippen LogP contribution in [0.1, 0.15) is 48.9 Å². The highest BCUT2D eigenvalue weighted by molar-refractivity contribution is 5.93. The van der Waals surface area contributed by atoms with Crippen LogP contribution in [0.25, 0.3) is 0 Å². The number of anilines is 2. The van der Waals surface area contributed by atoms with E-state index in [-0.39, 0.29) is 17.8 Å². The van der Waals surface area contributed by atoms with E-state index in [9.17, 15) is 9.18 Å². The summed E-state index contributed by atoms with van der Waals surface area (Å²) < 4.78 is 13.3. The molecule has 1 saturated heterocycles. The largest absolute Gasteiger partial charge is 0.340 e. The molecule has 1 fully saturated rings. The predicted molar refractivity (Wildman–Crippen MR) is 95.4 cm³/mol. The van der Waals surface area contributed by atoms with Gasteiger partial charge >= 0.3 is 0 Å². The molecule has 1 aliphatic rings. The molecule has 25 heavy (non-hydrogen) atoms. The molecule has 0 bridgehead atoms. The number of likely N-dealkylation sites (tertiary alicyclic amines) is 1. The predicted octanol–water partition coefficient (Wildman–Crippen LogP) is 4.07. The van der Waals surface area contributed by atoms with Crippen molar-refractivity contribution in [2.45, 2.75) is 45.6 Å². The molecule has 2 aromatic rings. The zero-order chi connectivity index (χ0) is 17.8. The fraction of sp³-hybridized carbons (Fsp3) is 0.421. The maximum atomic E-state index is 13.3. The zero-order valence-corrected chi connectivity index (χ0v) is 14.6. The van der Waals surface area contributed by atoms with Gasteiger partial charge in [-0.05, 0) is 50.8 Å². The van der Waals surface area contributed by atoms with Crippen LogP contribution in [0.2, 0.25) is 0 Å². The van der Waals surface area contributed by atoms with Gasteiger partial charge in [0.2, 0.25) is 0 Å². The number of benzene rings is 1. The molecule has 1 N–H and O–H groups in total. The summed E-state index contributed by atoms with van der Waals surface area (Å²) in [5.74, 6) is 0.617. The van der Waals surface area contributed by atoms with Crippen LogP contribution in [0, 0.1) is 12.7 Å². The van der Waals surface area contributed by atoms with Crippen molar-refractivity contribution in [3.63, 3.8) is 0 Å². The van der Waals surface area contributed by atoms with Crippen molar-refractivity contribution in [3.05, 3.63) is 47.7 Å². The highest BCUT2D eigenvalue weighted by Crippen LogP contribution is 2.23. The molecule has 1 aromatic heterocycles. The van der Waals surface area contributed by atoms with Gasteiger partial charge in [0.05, 0.1) is 0 Å². The van der Waals surface area contributed by atoms with Crippen LogP contribution in [0.4, 0.5) is 15.9 Å². The molecule has 2 heterocycles. The van der Waals surface area contributed by atoms with Gasteiger partial charge in [-0.1, -0.05) is 13.0 Å². The third-order valence-electron chi connectivity index (χ3n) is 4.51. The van der Waals surface area contributed by atoms with Crippen LogP contribution in [0.15, 0.2) is 30.3 Å². The van der Waals surface area contributed by atoms with Crippen molar-refractivity contribution < 1.29 is 9.18 Å². The topological polar surface area (TPSA) is 58.1 Å². The van der Waals surface area contributed by atoms with Crippen molar-refractivity contribution in [1.82, 2.24) is 14.9 Å². The van der Waals surface area contributed by atoms with Gasteiger partial charge in [0, 0.05) is 24.3 Å². The standard InChI is InChI=1S/C19H23FN4O/c1-3-16-9-4-5-10-24(16)19(25)17-12-18(22-13(2)21-17)23-15-8-6-7-14(20)11-15/h6-8,11-12,16H,3-5,9-10H2,1-2H3,(H,21,22,23). The molecule has 0 saturated carbocycles. The summed E-state index contributed by atoms with van der Waals surface area (Å²) in [5, 5.41) is 3.05. The molecule has 0 aliphatic carbocycles. The highest BCUT2D eigenvalue weighted by atomic mass is 19.1. The number of hydrogen-bond acceptors (Lipinski definition) is 4. The number of carbonyl (C=O) groups excluding carboxylic acids is 1. The summed E-state index contributed by atoms with van der Waals surface area (Å²) in [5.41, 5.74) is 0.965. The van der Waals surface area contributed by atoms with E-state index in [1.807, 2.05) is 4.90 Å². The van der Waals surface area contributed by atoms with E-state index in [1.54, 1.807) is 25.1 Å². The molecule has 0 radical (unpaired) electrons. The van der Waals surface area contributed by atoms with Gasteiger partial charge in [-0.25, -0.2) is 14.4 Å². The van der Waals surface area contributed by atoms with Gasteiger partial charge in [0.1, 0.15) is 23.2 Å². The molecule has 1 atom stereocenters. The highest BCUT2D eigenvalue weighted by Gasteiger charge is 2.27. The molecular formula is C19H23FN4O. The number of amides is 1. The number of nitrogens with zero attached hydrogens (tertiary/aromatic N) is 3. The fourth-order valence-electron chi connectivity index (χ4n) is 3.29. The third-order valence-corrected chi connectivity index (χ3v) is 4.51. The number of nitrogens with one attached hydrogen (secondary N) is 1. The number of rotatable bonds is 4. The molecular weight excluding hydrogens is 319 g/mol. The molecule has 5 nitrogen and oxygen atoms in total. The molecule has 6 heteroatoms. The van der Waals surface area contributed by atoms with E-state index in [2.05, 4.69) is 22.2 Å². The van der Waals surface area contributed by atoms with Gasteiger partial charge in [-0.2, -0.15) is 0 Å². The summed E-state index contributed by atoms with van der Waals surface area (Å²) in [6.45, 7) is 4.63. The van der Waals surface area contributed by atoms with E-state index in [1.165, 1.54) is 12.1 Å². The SMILES string of the molecule is CCC1CCCCN1C(=O)c1cc(Nc2cccc(F)c2)nc(C)n1. The Hall–Kier alpha value is -2.50. The minimum Gasteiger partial charge on any atom is -0.340 e. The number of piperidine rings is 1. The number of aryl methyl sites for hydroxylation is 1. The number of aromatic nitrogens is 2. The summed E-state index contributed by atoms with van der Waals surface area (Å²) in [6, 6.07) is 8.05. The molecule has 0 spiro atoms. The van der Waals surface area contributed by atoms with Gasteiger partial charge in [0.25, 0.3) is 5.91 Å². The average molecular weight is 342 g/mol. The van der Waals surface area contributed by atoms with Crippen molar-refractivity contribution in [2.75, 3.05) is 11.9 Å². The Bertz CT molecular complexity index is 765. The first-order valence-electron chi connectivity index (χ1n) is 8.76. The number of carbonyl (C=O) groups is 1. The Labute approximate surface area is 147 Å². The second kappa shape index (κ2) is 7.59. The Morgan fingerprint density at radius 3 is 2.92 bits per heavy atom. The lowest BCUT2D eigenvalue weighted by Crippen LogP contribution is -2.43.